The lowest BCUT2D eigenvalue weighted by Gasteiger charge is -2.20. The van der Waals surface area contributed by atoms with Crippen molar-refractivity contribution in [1.29, 1.82) is 0 Å². The van der Waals surface area contributed by atoms with Crippen LogP contribution in [0.15, 0.2) is 12.2 Å². The summed E-state index contributed by atoms with van der Waals surface area (Å²) in [7, 11) is 0. The topological polar surface area (TPSA) is 17.1 Å². The highest BCUT2D eigenvalue weighted by Crippen LogP contribution is 2.40. The van der Waals surface area contributed by atoms with E-state index in [4.69, 9.17) is 0 Å². The van der Waals surface area contributed by atoms with E-state index in [1.54, 1.807) is 0 Å². The zero-order valence-electron chi connectivity index (χ0n) is 7.64. The number of rotatable bonds is 4. The van der Waals surface area contributed by atoms with Gasteiger partial charge in [-0.3, -0.25) is 0 Å². The summed E-state index contributed by atoms with van der Waals surface area (Å²) in [6, 6.07) is 0. The molecule has 1 unspecified atom stereocenters. The number of thioether (sulfide) groups is 1. The van der Waals surface area contributed by atoms with Crippen LogP contribution >= 0.6 is 11.8 Å². The van der Waals surface area contributed by atoms with Crippen molar-refractivity contribution in [2.75, 3.05) is 5.75 Å². The number of carbonyl (C=O) groups excluding carboxylic acids is 1. The molecule has 0 bridgehead atoms. The number of aldehydes is 1. The Hall–Kier alpha value is -0.240. The van der Waals surface area contributed by atoms with Crippen LogP contribution in [0.3, 0.4) is 0 Å². The SMILES string of the molecule is C=C(C)CCC1(C=O)CCCS1. The molecule has 0 spiro atoms. The lowest BCUT2D eigenvalue weighted by molar-refractivity contribution is -0.110. The monoisotopic (exact) mass is 184 g/mol. The van der Waals surface area contributed by atoms with E-state index in [1.165, 1.54) is 12.0 Å². The lowest BCUT2D eigenvalue weighted by Crippen LogP contribution is -2.22. The molecule has 1 saturated heterocycles. The summed E-state index contributed by atoms with van der Waals surface area (Å²) in [6.45, 7) is 5.88. The average molecular weight is 184 g/mol. The molecule has 0 aromatic heterocycles. The Morgan fingerprint density at radius 2 is 2.50 bits per heavy atom. The molecule has 1 rings (SSSR count). The molecule has 1 atom stereocenters. The van der Waals surface area contributed by atoms with Crippen LogP contribution in [-0.2, 0) is 4.79 Å². The molecule has 0 saturated carbocycles. The minimum Gasteiger partial charge on any atom is -0.302 e. The van der Waals surface area contributed by atoms with Crippen molar-refractivity contribution in [2.45, 2.75) is 37.4 Å². The molecule has 0 aliphatic carbocycles. The van der Waals surface area contributed by atoms with Crippen molar-refractivity contribution in [3.05, 3.63) is 12.2 Å². The molecule has 0 aromatic carbocycles. The first-order valence-corrected chi connectivity index (χ1v) is 5.42. The Morgan fingerprint density at radius 3 is 2.92 bits per heavy atom. The summed E-state index contributed by atoms with van der Waals surface area (Å²) >= 11 is 1.82. The number of carbonyl (C=O) groups is 1. The Kier molecular flexibility index (Phi) is 3.39. The highest BCUT2D eigenvalue weighted by Gasteiger charge is 2.33. The fraction of sp³-hybridized carbons (Fsp3) is 0.700. The van der Waals surface area contributed by atoms with E-state index >= 15 is 0 Å². The maximum Gasteiger partial charge on any atom is 0.136 e. The second-order valence-corrected chi connectivity index (χ2v) is 5.10. The van der Waals surface area contributed by atoms with Crippen LogP contribution in [0.5, 0.6) is 0 Å². The Bertz CT molecular complexity index is 180. The molecule has 0 amide bonds. The third-order valence-corrected chi connectivity index (χ3v) is 3.90. The predicted molar refractivity (Wildman–Crippen MR) is 54.5 cm³/mol. The summed E-state index contributed by atoms with van der Waals surface area (Å²) in [5.74, 6) is 1.15. The normalized spacial score (nSPS) is 28.8. The molecule has 0 aromatic rings. The van der Waals surface area contributed by atoms with Gasteiger partial charge in [0.05, 0.1) is 4.75 Å². The Labute approximate surface area is 78.6 Å². The smallest absolute Gasteiger partial charge is 0.136 e. The third-order valence-electron chi connectivity index (χ3n) is 2.32. The molecule has 0 radical (unpaired) electrons. The molecule has 1 fully saturated rings. The van der Waals surface area contributed by atoms with Crippen LogP contribution < -0.4 is 0 Å². The van der Waals surface area contributed by atoms with Gasteiger partial charge < -0.3 is 4.79 Å². The van der Waals surface area contributed by atoms with Crippen molar-refractivity contribution >= 4 is 18.0 Å². The van der Waals surface area contributed by atoms with E-state index in [2.05, 4.69) is 6.58 Å². The molecule has 1 nitrogen and oxygen atoms in total. The molecule has 1 heterocycles. The van der Waals surface area contributed by atoms with E-state index in [-0.39, 0.29) is 4.75 Å². The van der Waals surface area contributed by atoms with E-state index in [0.29, 0.717) is 0 Å². The van der Waals surface area contributed by atoms with Gasteiger partial charge in [-0.1, -0.05) is 5.57 Å². The van der Waals surface area contributed by atoms with Gasteiger partial charge in [0.2, 0.25) is 0 Å². The quantitative estimate of drug-likeness (QED) is 0.493. The number of hydrogen-bond acceptors (Lipinski definition) is 2. The standard InChI is InChI=1S/C10H16OS/c1-9(2)4-6-10(8-11)5-3-7-12-10/h8H,1,3-7H2,2H3. The van der Waals surface area contributed by atoms with Gasteiger partial charge >= 0.3 is 0 Å². The number of allylic oxidation sites excluding steroid dienone is 1. The summed E-state index contributed by atoms with van der Waals surface area (Å²) in [5, 5.41) is 0. The maximum absolute atomic E-state index is 10.9. The highest BCUT2D eigenvalue weighted by molar-refractivity contribution is 8.01. The first-order valence-electron chi connectivity index (χ1n) is 4.43. The van der Waals surface area contributed by atoms with E-state index in [9.17, 15) is 4.79 Å². The van der Waals surface area contributed by atoms with E-state index in [1.807, 2.05) is 18.7 Å². The summed E-state index contributed by atoms with van der Waals surface area (Å²) in [4.78, 5) is 10.9. The largest absolute Gasteiger partial charge is 0.302 e. The molecular weight excluding hydrogens is 168 g/mol. The van der Waals surface area contributed by atoms with Crippen LogP contribution in [0.4, 0.5) is 0 Å². The second-order valence-electron chi connectivity index (χ2n) is 3.59. The fourth-order valence-electron chi connectivity index (χ4n) is 1.49. The number of hydrogen-bond donors (Lipinski definition) is 0. The Morgan fingerprint density at radius 1 is 1.75 bits per heavy atom. The van der Waals surface area contributed by atoms with Crippen LogP contribution in [-0.4, -0.2) is 16.8 Å². The molecule has 1 aliphatic heterocycles. The highest BCUT2D eigenvalue weighted by atomic mass is 32.2. The van der Waals surface area contributed by atoms with Gasteiger partial charge in [0.25, 0.3) is 0 Å². The van der Waals surface area contributed by atoms with Crippen LogP contribution in [0, 0.1) is 0 Å². The first kappa shape index (κ1) is 9.85. The lowest BCUT2D eigenvalue weighted by atomic mass is 9.97. The molecule has 68 valence electrons. The minimum absolute atomic E-state index is 0.0566. The molecule has 0 N–H and O–H groups in total. The summed E-state index contributed by atoms with van der Waals surface area (Å²) in [6.07, 6.45) is 5.38. The van der Waals surface area contributed by atoms with Crippen molar-refractivity contribution in [1.82, 2.24) is 0 Å². The summed E-state index contributed by atoms with van der Waals surface area (Å²) in [5.41, 5.74) is 1.18. The van der Waals surface area contributed by atoms with Crippen LogP contribution in [0.1, 0.15) is 32.6 Å². The van der Waals surface area contributed by atoms with Crippen molar-refractivity contribution < 1.29 is 4.79 Å². The summed E-state index contributed by atoms with van der Waals surface area (Å²) < 4.78 is -0.0566. The average Bonchev–Trinajstić information content (AvgIpc) is 2.50. The zero-order chi connectivity index (χ0) is 9.03. The van der Waals surface area contributed by atoms with Gasteiger partial charge in [0.1, 0.15) is 6.29 Å². The van der Waals surface area contributed by atoms with Gasteiger partial charge in [-0.15, -0.1) is 18.3 Å². The fourth-order valence-corrected chi connectivity index (χ4v) is 2.79. The Balaban J connectivity index is 2.44. The minimum atomic E-state index is -0.0566. The molecule has 1 aliphatic rings. The molecule has 12 heavy (non-hydrogen) atoms. The van der Waals surface area contributed by atoms with E-state index in [0.717, 1.165) is 31.3 Å². The van der Waals surface area contributed by atoms with Gasteiger partial charge in [0.15, 0.2) is 0 Å². The van der Waals surface area contributed by atoms with Crippen LogP contribution in [0.2, 0.25) is 0 Å². The van der Waals surface area contributed by atoms with Gasteiger partial charge in [-0.2, -0.15) is 0 Å². The van der Waals surface area contributed by atoms with Crippen molar-refractivity contribution in [3.63, 3.8) is 0 Å². The van der Waals surface area contributed by atoms with Crippen molar-refractivity contribution in [2.24, 2.45) is 0 Å². The molecule has 2 heteroatoms. The third kappa shape index (κ3) is 2.37. The second kappa shape index (κ2) is 4.13. The van der Waals surface area contributed by atoms with Gasteiger partial charge in [-0.05, 0) is 38.4 Å². The first-order chi connectivity index (χ1) is 5.68. The van der Waals surface area contributed by atoms with Crippen LogP contribution in [0.25, 0.3) is 0 Å². The van der Waals surface area contributed by atoms with Gasteiger partial charge in [0, 0.05) is 0 Å². The molecular formula is C10H16OS. The predicted octanol–water partition coefficient (Wildman–Crippen LogP) is 2.81. The van der Waals surface area contributed by atoms with E-state index < -0.39 is 0 Å². The zero-order valence-corrected chi connectivity index (χ0v) is 8.45. The van der Waals surface area contributed by atoms with Gasteiger partial charge in [-0.25, -0.2) is 0 Å². The maximum atomic E-state index is 10.9. The van der Waals surface area contributed by atoms with Crippen molar-refractivity contribution in [3.8, 4) is 0 Å².